The number of rotatable bonds is 8. The summed E-state index contributed by atoms with van der Waals surface area (Å²) in [5.74, 6) is 1.39. The van der Waals surface area contributed by atoms with E-state index in [0.717, 1.165) is 18.7 Å². The quantitative estimate of drug-likeness (QED) is 0.778. The maximum Gasteiger partial charge on any atom is 0.119 e. The van der Waals surface area contributed by atoms with Gasteiger partial charge in [0.25, 0.3) is 0 Å². The number of hydrogen-bond acceptors (Lipinski definition) is 3. The van der Waals surface area contributed by atoms with E-state index in [9.17, 15) is 0 Å². The fraction of sp³-hybridized carbons (Fsp3) is 0.562. The molecule has 0 saturated heterocycles. The minimum absolute atomic E-state index is 0.117. The van der Waals surface area contributed by atoms with Gasteiger partial charge in [0, 0.05) is 6.42 Å². The van der Waals surface area contributed by atoms with E-state index in [1.165, 1.54) is 5.56 Å². The highest BCUT2D eigenvalue weighted by Gasteiger charge is 2.06. The van der Waals surface area contributed by atoms with Gasteiger partial charge in [0.05, 0.1) is 18.7 Å². The number of ether oxygens (including phenoxy) is 1. The molecule has 0 spiro atoms. The fourth-order valence-corrected chi connectivity index (χ4v) is 1.79. The van der Waals surface area contributed by atoms with E-state index in [1.54, 1.807) is 0 Å². The minimum Gasteiger partial charge on any atom is -0.493 e. The van der Waals surface area contributed by atoms with Gasteiger partial charge in [-0.2, -0.15) is 5.26 Å². The van der Waals surface area contributed by atoms with Crippen LogP contribution in [-0.4, -0.2) is 19.2 Å². The average Bonchev–Trinajstić information content (AvgIpc) is 2.43. The average molecular weight is 260 g/mol. The Balaban J connectivity index is 2.40. The second-order valence-corrected chi connectivity index (χ2v) is 5.00. The van der Waals surface area contributed by atoms with Crippen molar-refractivity contribution in [3.05, 3.63) is 29.8 Å². The summed E-state index contributed by atoms with van der Waals surface area (Å²) in [5, 5.41) is 12.2. The zero-order chi connectivity index (χ0) is 14.1. The number of hydrogen-bond donors (Lipinski definition) is 1. The molecule has 3 nitrogen and oxygen atoms in total. The van der Waals surface area contributed by atoms with Crippen LogP contribution in [0.5, 0.6) is 5.75 Å². The Hall–Kier alpha value is -1.53. The Morgan fingerprint density at radius 2 is 2.16 bits per heavy atom. The number of nitrogens with one attached hydrogen (secondary N) is 1. The molecular weight excluding hydrogens is 236 g/mol. The van der Waals surface area contributed by atoms with Crippen LogP contribution in [0.4, 0.5) is 0 Å². The lowest BCUT2D eigenvalue weighted by molar-refractivity contribution is 0.297. The largest absolute Gasteiger partial charge is 0.493 e. The van der Waals surface area contributed by atoms with E-state index >= 15 is 0 Å². The highest BCUT2D eigenvalue weighted by molar-refractivity contribution is 5.30. The molecule has 1 aromatic rings. The lowest BCUT2D eigenvalue weighted by Crippen LogP contribution is -2.29. The Bertz CT molecular complexity index is 409. The third kappa shape index (κ3) is 5.76. The molecule has 1 aromatic carbocycles. The number of nitriles is 1. The lowest BCUT2D eigenvalue weighted by Gasteiger charge is -2.13. The summed E-state index contributed by atoms with van der Waals surface area (Å²) in [7, 11) is 0. The van der Waals surface area contributed by atoms with Crippen LogP contribution in [0.3, 0.4) is 0 Å². The second-order valence-electron chi connectivity index (χ2n) is 5.00. The van der Waals surface area contributed by atoms with E-state index in [0.29, 0.717) is 18.9 Å². The summed E-state index contributed by atoms with van der Waals surface area (Å²) < 4.78 is 5.72. The molecule has 0 fully saturated rings. The summed E-state index contributed by atoms with van der Waals surface area (Å²) in [5.41, 5.74) is 1.28. The van der Waals surface area contributed by atoms with Crippen molar-refractivity contribution >= 4 is 0 Å². The van der Waals surface area contributed by atoms with Crippen LogP contribution in [0.15, 0.2) is 24.3 Å². The molecule has 0 amide bonds. The zero-order valence-electron chi connectivity index (χ0n) is 12.1. The van der Waals surface area contributed by atoms with Gasteiger partial charge in [-0.05, 0) is 36.6 Å². The Kier molecular flexibility index (Phi) is 6.99. The third-order valence-corrected chi connectivity index (χ3v) is 3.00. The molecule has 0 radical (unpaired) electrons. The molecule has 0 heterocycles. The predicted octanol–water partition coefficient (Wildman–Crippen LogP) is 3.47. The van der Waals surface area contributed by atoms with Gasteiger partial charge in [0.1, 0.15) is 5.75 Å². The highest BCUT2D eigenvalue weighted by Crippen LogP contribution is 2.20. The predicted molar refractivity (Wildman–Crippen MR) is 78.3 cm³/mol. The molecule has 0 aliphatic heterocycles. The van der Waals surface area contributed by atoms with Crippen molar-refractivity contribution in [3.63, 3.8) is 0 Å². The molecule has 1 atom stereocenters. The van der Waals surface area contributed by atoms with Crippen molar-refractivity contribution in [1.82, 2.24) is 5.32 Å². The highest BCUT2D eigenvalue weighted by atomic mass is 16.5. The van der Waals surface area contributed by atoms with Crippen molar-refractivity contribution < 1.29 is 4.74 Å². The molecule has 1 rings (SSSR count). The van der Waals surface area contributed by atoms with Crippen molar-refractivity contribution in [2.24, 2.45) is 0 Å². The van der Waals surface area contributed by atoms with Gasteiger partial charge in [-0.15, -0.1) is 0 Å². The maximum atomic E-state index is 9.00. The molecular formula is C16H24N2O. The summed E-state index contributed by atoms with van der Waals surface area (Å²) in [6.45, 7) is 7.87. The number of benzene rings is 1. The van der Waals surface area contributed by atoms with Gasteiger partial charge in [-0.1, -0.05) is 32.9 Å². The summed E-state index contributed by atoms with van der Waals surface area (Å²) in [4.78, 5) is 0. The Morgan fingerprint density at radius 1 is 1.37 bits per heavy atom. The molecule has 0 saturated carbocycles. The van der Waals surface area contributed by atoms with Gasteiger partial charge >= 0.3 is 0 Å². The zero-order valence-corrected chi connectivity index (χ0v) is 12.1. The van der Waals surface area contributed by atoms with Gasteiger partial charge < -0.3 is 10.1 Å². The summed E-state index contributed by atoms with van der Waals surface area (Å²) in [6, 6.07) is 10.3. The van der Waals surface area contributed by atoms with Crippen molar-refractivity contribution in [1.29, 1.82) is 5.26 Å². The van der Waals surface area contributed by atoms with Crippen LogP contribution in [0.2, 0.25) is 0 Å². The molecule has 0 aliphatic carbocycles. The monoisotopic (exact) mass is 260 g/mol. The first-order valence-electron chi connectivity index (χ1n) is 7.03. The molecule has 0 aliphatic rings. The third-order valence-electron chi connectivity index (χ3n) is 3.00. The Labute approximate surface area is 116 Å². The molecule has 0 bridgehead atoms. The van der Waals surface area contributed by atoms with E-state index in [-0.39, 0.29) is 6.04 Å². The fourth-order valence-electron chi connectivity index (χ4n) is 1.79. The number of nitrogens with zero attached hydrogens (tertiary/aromatic N) is 1. The molecule has 0 aromatic heterocycles. The van der Waals surface area contributed by atoms with Crippen LogP contribution in [0, 0.1) is 11.3 Å². The molecule has 3 heteroatoms. The van der Waals surface area contributed by atoms with Crippen LogP contribution in [-0.2, 0) is 0 Å². The molecule has 104 valence electrons. The van der Waals surface area contributed by atoms with E-state index in [4.69, 9.17) is 10.00 Å². The smallest absolute Gasteiger partial charge is 0.119 e. The van der Waals surface area contributed by atoms with Crippen molar-refractivity contribution in [2.75, 3.05) is 13.2 Å². The van der Waals surface area contributed by atoms with Crippen LogP contribution >= 0.6 is 0 Å². The first-order valence-corrected chi connectivity index (χ1v) is 7.03. The molecule has 19 heavy (non-hydrogen) atoms. The van der Waals surface area contributed by atoms with E-state index < -0.39 is 0 Å². The van der Waals surface area contributed by atoms with E-state index in [1.807, 2.05) is 12.1 Å². The normalized spacial score (nSPS) is 12.2. The van der Waals surface area contributed by atoms with Gasteiger partial charge in [-0.3, -0.25) is 0 Å². The first-order chi connectivity index (χ1) is 9.17. The Morgan fingerprint density at radius 3 is 2.79 bits per heavy atom. The van der Waals surface area contributed by atoms with Gasteiger partial charge in [0.15, 0.2) is 0 Å². The van der Waals surface area contributed by atoms with Crippen LogP contribution in [0.1, 0.15) is 45.1 Å². The maximum absolute atomic E-state index is 9.00. The molecule has 1 N–H and O–H groups in total. The molecule has 1 unspecified atom stereocenters. The van der Waals surface area contributed by atoms with E-state index in [2.05, 4.69) is 44.3 Å². The van der Waals surface area contributed by atoms with Crippen molar-refractivity contribution in [2.45, 2.75) is 45.6 Å². The lowest BCUT2D eigenvalue weighted by atomic mass is 10.0. The van der Waals surface area contributed by atoms with Crippen LogP contribution < -0.4 is 10.1 Å². The first kappa shape index (κ1) is 15.5. The van der Waals surface area contributed by atoms with Gasteiger partial charge in [-0.25, -0.2) is 0 Å². The van der Waals surface area contributed by atoms with Gasteiger partial charge in [0.2, 0.25) is 0 Å². The SMILES string of the molecule is CCCNC(C#N)CCOc1cccc(C(C)C)c1. The second kappa shape index (κ2) is 8.55. The summed E-state index contributed by atoms with van der Waals surface area (Å²) >= 11 is 0. The topological polar surface area (TPSA) is 45.0 Å². The van der Waals surface area contributed by atoms with Crippen LogP contribution in [0.25, 0.3) is 0 Å². The minimum atomic E-state index is -0.117. The summed E-state index contributed by atoms with van der Waals surface area (Å²) in [6.07, 6.45) is 1.75. The standard InChI is InChI=1S/C16H24N2O/c1-4-9-18-15(12-17)8-10-19-16-7-5-6-14(11-16)13(2)3/h5-7,11,13,15,18H,4,8-10H2,1-3H3. The van der Waals surface area contributed by atoms with Crippen molar-refractivity contribution in [3.8, 4) is 11.8 Å².